The molecular formula is C13H19N5O. The number of nitrogens with two attached hydrogens (primary N) is 1. The summed E-state index contributed by atoms with van der Waals surface area (Å²) >= 11 is 0. The maximum absolute atomic E-state index is 5.87. The van der Waals surface area contributed by atoms with Crippen LogP contribution in [0.3, 0.4) is 0 Å². The molecule has 2 aromatic rings. The molecule has 1 aliphatic rings. The maximum Gasteiger partial charge on any atom is 0.245 e. The van der Waals surface area contributed by atoms with Crippen LogP contribution < -0.4 is 10.6 Å². The number of piperidine rings is 1. The predicted octanol–water partition coefficient (Wildman–Crippen LogP) is 1.63. The number of furan rings is 1. The standard InChI is InChI=1S/C13H19N5O/c1-13(8-14)4-2-5-18(9-13)12-15-11(16-17-12)10-3-6-19-7-10/h3,6-7H,2,4-5,8-9,14H2,1H3,(H,15,16,17). The van der Waals surface area contributed by atoms with Crippen LogP contribution in [0.1, 0.15) is 19.8 Å². The molecule has 19 heavy (non-hydrogen) atoms. The number of aromatic amines is 1. The molecule has 6 nitrogen and oxygen atoms in total. The van der Waals surface area contributed by atoms with Crippen LogP contribution >= 0.6 is 0 Å². The number of rotatable bonds is 3. The Kier molecular flexibility index (Phi) is 3.02. The van der Waals surface area contributed by atoms with Gasteiger partial charge >= 0.3 is 0 Å². The fourth-order valence-electron chi connectivity index (χ4n) is 2.58. The molecule has 0 aromatic carbocycles. The van der Waals surface area contributed by atoms with Gasteiger partial charge in [0.25, 0.3) is 0 Å². The first-order valence-electron chi connectivity index (χ1n) is 6.60. The predicted molar refractivity (Wildman–Crippen MR) is 72.7 cm³/mol. The Morgan fingerprint density at radius 3 is 3.21 bits per heavy atom. The van der Waals surface area contributed by atoms with Crippen molar-refractivity contribution in [3.05, 3.63) is 18.6 Å². The normalized spacial score (nSPS) is 23.8. The van der Waals surface area contributed by atoms with Crippen molar-refractivity contribution in [3.8, 4) is 11.4 Å². The van der Waals surface area contributed by atoms with E-state index in [4.69, 9.17) is 10.2 Å². The molecule has 102 valence electrons. The SMILES string of the molecule is CC1(CN)CCCN(c2n[nH]c(-c3ccoc3)n2)C1. The Morgan fingerprint density at radius 2 is 2.47 bits per heavy atom. The lowest BCUT2D eigenvalue weighted by Gasteiger charge is -2.39. The molecule has 1 fully saturated rings. The third kappa shape index (κ3) is 2.35. The zero-order chi connectivity index (χ0) is 13.3. The highest BCUT2D eigenvalue weighted by Crippen LogP contribution is 2.30. The van der Waals surface area contributed by atoms with Gasteiger partial charge in [0, 0.05) is 13.1 Å². The van der Waals surface area contributed by atoms with Gasteiger partial charge in [-0.15, -0.1) is 5.10 Å². The lowest BCUT2D eigenvalue weighted by molar-refractivity contribution is 0.270. The van der Waals surface area contributed by atoms with Gasteiger partial charge in [0.15, 0.2) is 5.82 Å². The molecule has 3 rings (SSSR count). The Hall–Kier alpha value is -1.82. The van der Waals surface area contributed by atoms with Crippen LogP contribution in [0.25, 0.3) is 11.4 Å². The maximum atomic E-state index is 5.87. The van der Waals surface area contributed by atoms with Crippen molar-refractivity contribution in [2.75, 3.05) is 24.5 Å². The van der Waals surface area contributed by atoms with Crippen LogP contribution in [0.4, 0.5) is 5.95 Å². The van der Waals surface area contributed by atoms with E-state index < -0.39 is 0 Å². The quantitative estimate of drug-likeness (QED) is 0.877. The zero-order valence-corrected chi connectivity index (χ0v) is 11.1. The van der Waals surface area contributed by atoms with Gasteiger partial charge in [0.1, 0.15) is 6.26 Å². The first kappa shape index (κ1) is 12.2. The molecule has 0 saturated carbocycles. The van der Waals surface area contributed by atoms with E-state index >= 15 is 0 Å². The third-order valence-corrected chi connectivity index (χ3v) is 3.82. The topological polar surface area (TPSA) is 84.0 Å². The number of H-pyrrole nitrogens is 1. The van der Waals surface area contributed by atoms with Crippen LogP contribution in [0.2, 0.25) is 0 Å². The van der Waals surface area contributed by atoms with E-state index in [0.29, 0.717) is 6.54 Å². The molecule has 1 aliphatic heterocycles. The van der Waals surface area contributed by atoms with Crippen molar-refractivity contribution < 1.29 is 4.42 Å². The van der Waals surface area contributed by atoms with Crippen molar-refractivity contribution in [1.82, 2.24) is 15.2 Å². The van der Waals surface area contributed by atoms with Crippen LogP contribution in [-0.2, 0) is 0 Å². The number of anilines is 1. The second-order valence-electron chi connectivity index (χ2n) is 5.54. The zero-order valence-electron chi connectivity index (χ0n) is 11.1. The minimum absolute atomic E-state index is 0.161. The minimum atomic E-state index is 0.161. The molecule has 0 amide bonds. The van der Waals surface area contributed by atoms with Gasteiger partial charge in [-0.05, 0) is 30.9 Å². The summed E-state index contributed by atoms with van der Waals surface area (Å²) in [5, 5.41) is 7.26. The molecule has 1 saturated heterocycles. The average molecular weight is 261 g/mol. The van der Waals surface area contributed by atoms with E-state index in [2.05, 4.69) is 27.0 Å². The molecule has 3 heterocycles. The van der Waals surface area contributed by atoms with Crippen LogP contribution in [0, 0.1) is 5.41 Å². The third-order valence-electron chi connectivity index (χ3n) is 3.82. The molecule has 1 unspecified atom stereocenters. The van der Waals surface area contributed by atoms with Crippen molar-refractivity contribution in [2.45, 2.75) is 19.8 Å². The summed E-state index contributed by atoms with van der Waals surface area (Å²) in [6.07, 6.45) is 5.58. The Morgan fingerprint density at radius 1 is 1.58 bits per heavy atom. The molecule has 3 N–H and O–H groups in total. The summed E-state index contributed by atoms with van der Waals surface area (Å²) in [6, 6.07) is 1.87. The van der Waals surface area contributed by atoms with Crippen molar-refractivity contribution >= 4 is 5.95 Å². The van der Waals surface area contributed by atoms with Crippen LogP contribution in [0.5, 0.6) is 0 Å². The van der Waals surface area contributed by atoms with Gasteiger partial charge in [-0.2, -0.15) is 4.98 Å². The van der Waals surface area contributed by atoms with E-state index in [0.717, 1.165) is 36.8 Å². The average Bonchev–Trinajstić information content (AvgIpc) is 3.09. The Bertz CT molecular complexity index is 535. The summed E-state index contributed by atoms with van der Waals surface area (Å²) in [5.41, 5.74) is 6.95. The fraction of sp³-hybridized carbons (Fsp3) is 0.538. The molecule has 0 radical (unpaired) electrons. The number of nitrogens with zero attached hydrogens (tertiary/aromatic N) is 3. The van der Waals surface area contributed by atoms with Crippen molar-refractivity contribution in [3.63, 3.8) is 0 Å². The van der Waals surface area contributed by atoms with Crippen molar-refractivity contribution in [1.29, 1.82) is 0 Å². The Labute approximate surface area is 112 Å². The summed E-state index contributed by atoms with van der Waals surface area (Å²) in [5.74, 6) is 1.49. The highest BCUT2D eigenvalue weighted by Gasteiger charge is 2.31. The summed E-state index contributed by atoms with van der Waals surface area (Å²) in [7, 11) is 0. The van der Waals surface area contributed by atoms with Gasteiger partial charge in [0.2, 0.25) is 5.95 Å². The van der Waals surface area contributed by atoms with Gasteiger partial charge in [-0.1, -0.05) is 6.92 Å². The smallest absolute Gasteiger partial charge is 0.245 e. The largest absolute Gasteiger partial charge is 0.472 e. The van der Waals surface area contributed by atoms with Crippen LogP contribution in [0.15, 0.2) is 23.0 Å². The summed E-state index contributed by atoms with van der Waals surface area (Å²) in [4.78, 5) is 6.74. The number of hydrogen-bond acceptors (Lipinski definition) is 5. The van der Waals surface area contributed by atoms with E-state index in [9.17, 15) is 0 Å². The monoisotopic (exact) mass is 261 g/mol. The highest BCUT2D eigenvalue weighted by molar-refractivity contribution is 5.54. The highest BCUT2D eigenvalue weighted by atomic mass is 16.3. The lowest BCUT2D eigenvalue weighted by Crippen LogP contribution is -2.46. The lowest BCUT2D eigenvalue weighted by atomic mass is 9.82. The molecule has 2 aromatic heterocycles. The van der Waals surface area contributed by atoms with E-state index in [1.807, 2.05) is 6.07 Å². The molecule has 1 atom stereocenters. The second-order valence-corrected chi connectivity index (χ2v) is 5.54. The molecule has 6 heteroatoms. The van der Waals surface area contributed by atoms with Gasteiger partial charge < -0.3 is 15.1 Å². The van der Waals surface area contributed by atoms with E-state index in [-0.39, 0.29) is 5.41 Å². The number of nitrogens with one attached hydrogen (secondary N) is 1. The van der Waals surface area contributed by atoms with Crippen molar-refractivity contribution in [2.24, 2.45) is 11.1 Å². The number of aromatic nitrogens is 3. The molecule has 0 bridgehead atoms. The van der Waals surface area contributed by atoms with Gasteiger partial charge in [-0.25, -0.2) is 0 Å². The van der Waals surface area contributed by atoms with Gasteiger partial charge in [0.05, 0.1) is 11.8 Å². The van der Waals surface area contributed by atoms with Crippen LogP contribution in [-0.4, -0.2) is 34.8 Å². The molecular weight excluding hydrogens is 242 g/mol. The Balaban J connectivity index is 1.79. The van der Waals surface area contributed by atoms with E-state index in [1.165, 1.54) is 6.42 Å². The molecule has 0 aliphatic carbocycles. The first-order valence-corrected chi connectivity index (χ1v) is 6.60. The first-order chi connectivity index (χ1) is 9.20. The fourth-order valence-corrected chi connectivity index (χ4v) is 2.58. The second kappa shape index (κ2) is 4.70. The molecule has 0 spiro atoms. The van der Waals surface area contributed by atoms with Gasteiger partial charge in [-0.3, -0.25) is 5.10 Å². The summed E-state index contributed by atoms with van der Waals surface area (Å²) < 4.78 is 5.06. The summed E-state index contributed by atoms with van der Waals surface area (Å²) in [6.45, 7) is 4.82. The number of hydrogen-bond donors (Lipinski definition) is 2. The van der Waals surface area contributed by atoms with E-state index in [1.54, 1.807) is 12.5 Å². The minimum Gasteiger partial charge on any atom is -0.472 e.